The van der Waals surface area contributed by atoms with Gasteiger partial charge in [-0.05, 0) is 42.9 Å². The van der Waals surface area contributed by atoms with E-state index in [-0.39, 0.29) is 0 Å². The molecule has 0 atom stereocenters. The van der Waals surface area contributed by atoms with Gasteiger partial charge in [0.1, 0.15) is 0 Å². The van der Waals surface area contributed by atoms with Crippen molar-refractivity contribution < 1.29 is 0 Å². The average molecular weight is 444 g/mol. The predicted molar refractivity (Wildman–Crippen MR) is 122 cm³/mol. The van der Waals surface area contributed by atoms with Crippen molar-refractivity contribution in [3.8, 4) is 0 Å². The molecule has 2 aromatic carbocycles. The molecule has 2 heterocycles. The fourth-order valence-corrected chi connectivity index (χ4v) is 3.95. The molecule has 29 heavy (non-hydrogen) atoms. The summed E-state index contributed by atoms with van der Waals surface area (Å²) in [4.78, 5) is 0. The SMILES string of the molecule is CCc1n[nH]c(=S)n1/N=C\c1c(C)n(Cc2ccc(Cl)c(Cl)c2)c2ccccc12. The molecule has 0 unspecified atom stereocenters. The van der Waals surface area contributed by atoms with Crippen molar-refractivity contribution in [2.45, 2.75) is 26.8 Å². The third-order valence-corrected chi connectivity index (χ3v) is 5.94. The van der Waals surface area contributed by atoms with E-state index in [4.69, 9.17) is 35.4 Å². The van der Waals surface area contributed by atoms with Crippen LogP contribution in [0.15, 0.2) is 47.6 Å². The number of fused-ring (bicyclic) bond motifs is 1. The van der Waals surface area contributed by atoms with Crippen molar-refractivity contribution in [2.24, 2.45) is 5.10 Å². The van der Waals surface area contributed by atoms with E-state index in [0.717, 1.165) is 40.0 Å². The van der Waals surface area contributed by atoms with Crippen LogP contribution in [-0.4, -0.2) is 25.7 Å². The zero-order valence-corrected chi connectivity index (χ0v) is 18.3. The molecule has 4 rings (SSSR count). The Morgan fingerprint density at radius 2 is 1.97 bits per heavy atom. The quantitative estimate of drug-likeness (QED) is 0.303. The standard InChI is InChI=1S/C21H19Cl2N5S/c1-3-20-25-26-21(29)28(20)24-11-16-13(2)27(19-7-5-4-6-15(16)19)12-14-8-9-17(22)18(23)10-14/h4-11H,3,12H2,1-2H3,(H,26,29)/b24-11-. The van der Waals surface area contributed by atoms with Gasteiger partial charge in [-0.25, -0.2) is 0 Å². The lowest BCUT2D eigenvalue weighted by atomic mass is 10.1. The van der Waals surface area contributed by atoms with Crippen LogP contribution in [0, 0.1) is 11.7 Å². The summed E-state index contributed by atoms with van der Waals surface area (Å²) in [6, 6.07) is 14.0. The smallest absolute Gasteiger partial charge is 0.216 e. The first kappa shape index (κ1) is 19.9. The van der Waals surface area contributed by atoms with Crippen LogP contribution in [-0.2, 0) is 13.0 Å². The van der Waals surface area contributed by atoms with Crippen molar-refractivity contribution in [3.05, 3.63) is 79.9 Å². The predicted octanol–water partition coefficient (Wildman–Crippen LogP) is 6.00. The summed E-state index contributed by atoms with van der Waals surface area (Å²) in [6.07, 6.45) is 2.59. The van der Waals surface area contributed by atoms with Gasteiger partial charge in [-0.15, -0.1) is 0 Å². The number of halogens is 2. The first-order chi connectivity index (χ1) is 14.0. The van der Waals surface area contributed by atoms with Gasteiger partial charge in [0.15, 0.2) is 5.82 Å². The van der Waals surface area contributed by atoms with Crippen LogP contribution >= 0.6 is 35.4 Å². The molecule has 0 spiro atoms. The highest BCUT2D eigenvalue weighted by molar-refractivity contribution is 7.71. The van der Waals surface area contributed by atoms with Gasteiger partial charge in [0.05, 0.1) is 16.3 Å². The van der Waals surface area contributed by atoms with Crippen LogP contribution in [0.2, 0.25) is 10.0 Å². The Labute approximate surface area is 183 Å². The Kier molecular flexibility index (Phi) is 5.58. The maximum atomic E-state index is 6.21. The Hall–Kier alpha value is -2.41. The van der Waals surface area contributed by atoms with Gasteiger partial charge >= 0.3 is 0 Å². The third-order valence-electron chi connectivity index (χ3n) is 4.94. The van der Waals surface area contributed by atoms with Gasteiger partial charge in [-0.1, -0.05) is 54.4 Å². The lowest BCUT2D eigenvalue weighted by Gasteiger charge is -2.09. The molecular formula is C21H19Cl2N5S. The highest BCUT2D eigenvalue weighted by Crippen LogP contribution is 2.28. The number of aromatic amines is 1. The topological polar surface area (TPSA) is 50.9 Å². The number of hydrogen-bond acceptors (Lipinski definition) is 3. The summed E-state index contributed by atoms with van der Waals surface area (Å²) in [5.41, 5.74) is 4.36. The number of H-pyrrole nitrogens is 1. The van der Waals surface area contributed by atoms with Crippen LogP contribution in [0.5, 0.6) is 0 Å². The molecule has 0 radical (unpaired) electrons. The number of nitrogens with zero attached hydrogens (tertiary/aromatic N) is 4. The van der Waals surface area contributed by atoms with Gasteiger partial charge in [-0.2, -0.15) is 14.9 Å². The maximum absolute atomic E-state index is 6.21. The molecule has 0 aliphatic carbocycles. The monoisotopic (exact) mass is 443 g/mol. The van der Waals surface area contributed by atoms with Crippen molar-refractivity contribution in [3.63, 3.8) is 0 Å². The number of hydrogen-bond donors (Lipinski definition) is 1. The molecular weight excluding hydrogens is 425 g/mol. The minimum Gasteiger partial charge on any atom is -0.340 e. The van der Waals surface area contributed by atoms with E-state index in [1.165, 1.54) is 0 Å². The van der Waals surface area contributed by atoms with Crippen LogP contribution in [0.3, 0.4) is 0 Å². The summed E-state index contributed by atoms with van der Waals surface area (Å²) in [7, 11) is 0. The Balaban J connectivity index is 1.80. The number of aromatic nitrogens is 4. The van der Waals surface area contributed by atoms with E-state index in [1.807, 2.05) is 43.5 Å². The number of rotatable bonds is 5. The van der Waals surface area contributed by atoms with E-state index in [9.17, 15) is 0 Å². The summed E-state index contributed by atoms with van der Waals surface area (Å²) >= 11 is 17.6. The molecule has 0 aliphatic rings. The van der Waals surface area contributed by atoms with Gasteiger partial charge in [-0.3, -0.25) is 5.10 Å². The normalized spacial score (nSPS) is 11.7. The van der Waals surface area contributed by atoms with E-state index in [2.05, 4.69) is 38.9 Å². The van der Waals surface area contributed by atoms with Crippen molar-refractivity contribution in [2.75, 3.05) is 0 Å². The molecule has 8 heteroatoms. The highest BCUT2D eigenvalue weighted by Gasteiger charge is 2.13. The van der Waals surface area contributed by atoms with Crippen LogP contribution in [0.1, 0.15) is 29.6 Å². The third kappa shape index (κ3) is 3.75. The van der Waals surface area contributed by atoms with Crippen LogP contribution in [0.4, 0.5) is 0 Å². The number of aryl methyl sites for hydroxylation is 1. The lowest BCUT2D eigenvalue weighted by molar-refractivity contribution is 0.779. The maximum Gasteiger partial charge on any atom is 0.216 e. The van der Waals surface area contributed by atoms with Crippen LogP contribution < -0.4 is 0 Å². The van der Waals surface area contributed by atoms with E-state index < -0.39 is 0 Å². The molecule has 2 aromatic heterocycles. The fraction of sp³-hybridized carbons (Fsp3) is 0.190. The van der Waals surface area contributed by atoms with Gasteiger partial charge < -0.3 is 4.57 Å². The Morgan fingerprint density at radius 3 is 2.72 bits per heavy atom. The molecule has 0 amide bonds. The Morgan fingerprint density at radius 1 is 1.17 bits per heavy atom. The number of nitrogens with one attached hydrogen (secondary N) is 1. The molecule has 0 saturated heterocycles. The van der Waals surface area contributed by atoms with Gasteiger partial charge in [0.25, 0.3) is 0 Å². The lowest BCUT2D eigenvalue weighted by Crippen LogP contribution is -2.03. The second-order valence-corrected chi connectivity index (χ2v) is 7.91. The number of benzene rings is 2. The summed E-state index contributed by atoms with van der Waals surface area (Å²) in [5.74, 6) is 0.795. The van der Waals surface area contributed by atoms with Gasteiger partial charge in [0, 0.05) is 35.1 Å². The molecule has 0 fully saturated rings. The second kappa shape index (κ2) is 8.14. The number of para-hydroxylation sites is 1. The molecule has 0 aliphatic heterocycles. The summed E-state index contributed by atoms with van der Waals surface area (Å²) in [6.45, 7) is 4.79. The summed E-state index contributed by atoms with van der Waals surface area (Å²) < 4.78 is 4.40. The molecule has 148 valence electrons. The zero-order valence-electron chi connectivity index (χ0n) is 16.0. The van der Waals surface area contributed by atoms with Crippen molar-refractivity contribution in [1.82, 2.24) is 19.4 Å². The fourth-order valence-electron chi connectivity index (χ4n) is 3.43. The second-order valence-electron chi connectivity index (χ2n) is 6.71. The van der Waals surface area contributed by atoms with E-state index >= 15 is 0 Å². The van der Waals surface area contributed by atoms with Crippen LogP contribution in [0.25, 0.3) is 10.9 Å². The van der Waals surface area contributed by atoms with E-state index in [1.54, 1.807) is 4.68 Å². The first-order valence-corrected chi connectivity index (χ1v) is 10.4. The first-order valence-electron chi connectivity index (χ1n) is 9.22. The van der Waals surface area contributed by atoms with Crippen molar-refractivity contribution >= 4 is 52.5 Å². The molecule has 0 saturated carbocycles. The molecule has 0 bridgehead atoms. The average Bonchev–Trinajstić information content (AvgIpc) is 3.20. The highest BCUT2D eigenvalue weighted by atomic mass is 35.5. The Bertz CT molecular complexity index is 1280. The minimum atomic E-state index is 0.482. The van der Waals surface area contributed by atoms with Crippen molar-refractivity contribution in [1.29, 1.82) is 0 Å². The molecule has 4 aromatic rings. The molecule has 1 N–H and O–H groups in total. The largest absolute Gasteiger partial charge is 0.340 e. The van der Waals surface area contributed by atoms with E-state index in [0.29, 0.717) is 21.4 Å². The van der Waals surface area contributed by atoms with Gasteiger partial charge in [0.2, 0.25) is 4.77 Å². The molecule has 5 nitrogen and oxygen atoms in total. The zero-order chi connectivity index (χ0) is 20.5. The summed E-state index contributed by atoms with van der Waals surface area (Å²) in [5, 5.41) is 13.9. The minimum absolute atomic E-state index is 0.482.